The van der Waals surface area contributed by atoms with Gasteiger partial charge in [-0.15, -0.1) is 11.8 Å². The summed E-state index contributed by atoms with van der Waals surface area (Å²) in [7, 11) is 1.54. The van der Waals surface area contributed by atoms with E-state index in [1.165, 1.54) is 12.0 Å². The molecule has 0 fully saturated rings. The van der Waals surface area contributed by atoms with E-state index in [9.17, 15) is 0 Å². The van der Waals surface area contributed by atoms with Crippen LogP contribution in [0.5, 0.6) is 0 Å². The van der Waals surface area contributed by atoms with Gasteiger partial charge in [0.05, 0.1) is 6.21 Å². The topological polar surface area (TPSA) is 21.6 Å². The molecule has 0 aliphatic heterocycles. The van der Waals surface area contributed by atoms with Crippen molar-refractivity contribution < 1.29 is 4.84 Å². The molecule has 0 saturated heterocycles. The van der Waals surface area contributed by atoms with Crippen LogP contribution in [0.15, 0.2) is 34.3 Å². The average Bonchev–Trinajstić information content (AvgIpc) is 2.15. The SMILES string of the molecule is CO/N=C/c1ccccc1SC. The Kier molecular flexibility index (Phi) is 3.67. The zero-order chi connectivity index (χ0) is 8.81. The van der Waals surface area contributed by atoms with Crippen molar-refractivity contribution in [3.8, 4) is 0 Å². The third-order valence-electron chi connectivity index (χ3n) is 1.44. The molecule has 3 heteroatoms. The first-order chi connectivity index (χ1) is 5.88. The molecule has 0 saturated carbocycles. The third kappa shape index (κ3) is 2.27. The van der Waals surface area contributed by atoms with Gasteiger partial charge >= 0.3 is 0 Å². The monoisotopic (exact) mass is 181 g/mol. The number of thioether (sulfide) groups is 1. The van der Waals surface area contributed by atoms with Gasteiger partial charge in [-0.2, -0.15) is 0 Å². The predicted molar refractivity (Wildman–Crippen MR) is 52.8 cm³/mol. The quantitative estimate of drug-likeness (QED) is 0.405. The van der Waals surface area contributed by atoms with E-state index in [-0.39, 0.29) is 0 Å². The molecule has 2 nitrogen and oxygen atoms in total. The van der Waals surface area contributed by atoms with E-state index in [0.29, 0.717) is 0 Å². The maximum Gasteiger partial charge on any atom is 0.106 e. The number of hydrogen-bond acceptors (Lipinski definition) is 3. The van der Waals surface area contributed by atoms with E-state index < -0.39 is 0 Å². The van der Waals surface area contributed by atoms with Crippen LogP contribution >= 0.6 is 11.8 Å². The maximum atomic E-state index is 4.61. The van der Waals surface area contributed by atoms with Crippen LogP contribution in [0.4, 0.5) is 0 Å². The summed E-state index contributed by atoms with van der Waals surface area (Å²) in [5.74, 6) is 0. The standard InChI is InChI=1S/C9H11NOS/c1-11-10-7-8-5-3-4-6-9(8)12-2/h3-7H,1-2H3/b10-7+. The van der Waals surface area contributed by atoms with Crippen molar-refractivity contribution in [2.45, 2.75) is 4.90 Å². The molecule has 0 unspecified atom stereocenters. The molecule has 0 aromatic heterocycles. The van der Waals surface area contributed by atoms with E-state index in [0.717, 1.165) is 5.56 Å². The third-order valence-corrected chi connectivity index (χ3v) is 2.25. The Morgan fingerprint density at radius 2 is 2.17 bits per heavy atom. The van der Waals surface area contributed by atoms with Crippen LogP contribution in [-0.4, -0.2) is 19.6 Å². The first-order valence-electron chi connectivity index (χ1n) is 3.58. The van der Waals surface area contributed by atoms with E-state index in [4.69, 9.17) is 0 Å². The van der Waals surface area contributed by atoms with Crippen LogP contribution in [0.3, 0.4) is 0 Å². The molecule has 0 heterocycles. The second-order valence-corrected chi connectivity index (χ2v) is 3.01. The fourth-order valence-electron chi connectivity index (χ4n) is 0.883. The first kappa shape index (κ1) is 9.13. The molecule has 0 amide bonds. The Morgan fingerprint density at radius 3 is 2.83 bits per heavy atom. The molecule has 0 radical (unpaired) electrons. The second-order valence-electron chi connectivity index (χ2n) is 2.16. The predicted octanol–water partition coefficient (Wildman–Crippen LogP) is 2.39. The lowest BCUT2D eigenvalue weighted by molar-refractivity contribution is 0.215. The molecular weight excluding hydrogens is 170 g/mol. The maximum absolute atomic E-state index is 4.61. The molecule has 64 valence electrons. The normalized spacial score (nSPS) is 10.5. The smallest absolute Gasteiger partial charge is 0.106 e. The Balaban J connectivity index is 2.89. The minimum absolute atomic E-state index is 1.09. The van der Waals surface area contributed by atoms with Crippen molar-refractivity contribution in [1.29, 1.82) is 0 Å². The van der Waals surface area contributed by atoms with E-state index in [1.807, 2.05) is 24.5 Å². The van der Waals surface area contributed by atoms with Crippen molar-refractivity contribution in [3.63, 3.8) is 0 Å². The lowest BCUT2D eigenvalue weighted by Gasteiger charge is -1.99. The molecule has 1 aromatic carbocycles. The Morgan fingerprint density at radius 1 is 1.42 bits per heavy atom. The highest BCUT2D eigenvalue weighted by molar-refractivity contribution is 7.98. The summed E-state index contributed by atoms with van der Waals surface area (Å²) in [5, 5.41) is 3.71. The van der Waals surface area contributed by atoms with Gasteiger partial charge in [-0.3, -0.25) is 0 Å². The highest BCUT2D eigenvalue weighted by Gasteiger charge is 1.95. The molecule has 1 aromatic rings. The van der Waals surface area contributed by atoms with E-state index >= 15 is 0 Å². The molecule has 0 spiro atoms. The lowest BCUT2D eigenvalue weighted by atomic mass is 10.2. The van der Waals surface area contributed by atoms with Crippen molar-refractivity contribution in [2.24, 2.45) is 5.16 Å². The van der Waals surface area contributed by atoms with Crippen LogP contribution in [0.2, 0.25) is 0 Å². The minimum atomic E-state index is 1.09. The fraction of sp³-hybridized carbons (Fsp3) is 0.222. The van der Waals surface area contributed by atoms with Gasteiger partial charge in [0.15, 0.2) is 0 Å². The highest BCUT2D eigenvalue weighted by atomic mass is 32.2. The molecule has 0 N–H and O–H groups in total. The van der Waals surface area contributed by atoms with Gasteiger partial charge in [0.25, 0.3) is 0 Å². The minimum Gasteiger partial charge on any atom is -0.399 e. The summed E-state index contributed by atoms with van der Waals surface area (Å²) < 4.78 is 0. The summed E-state index contributed by atoms with van der Waals surface area (Å²) in [5.41, 5.74) is 1.09. The number of hydrogen-bond donors (Lipinski definition) is 0. The van der Waals surface area contributed by atoms with Crippen LogP contribution in [0.1, 0.15) is 5.56 Å². The van der Waals surface area contributed by atoms with Crippen LogP contribution < -0.4 is 0 Å². The summed E-state index contributed by atoms with van der Waals surface area (Å²) in [6, 6.07) is 8.06. The van der Waals surface area contributed by atoms with Gasteiger partial charge < -0.3 is 4.84 Å². The number of nitrogens with zero attached hydrogens (tertiary/aromatic N) is 1. The molecule has 1 rings (SSSR count). The van der Waals surface area contributed by atoms with Crippen LogP contribution in [0, 0.1) is 0 Å². The largest absolute Gasteiger partial charge is 0.399 e. The Hall–Kier alpha value is -0.960. The van der Waals surface area contributed by atoms with Gasteiger partial charge in [0.1, 0.15) is 7.11 Å². The summed E-state index contributed by atoms with van der Waals surface area (Å²) in [6.45, 7) is 0. The number of oxime groups is 1. The van der Waals surface area contributed by atoms with Gasteiger partial charge in [-0.25, -0.2) is 0 Å². The van der Waals surface area contributed by atoms with E-state index in [2.05, 4.69) is 16.1 Å². The fourth-order valence-corrected chi connectivity index (χ4v) is 1.45. The Bertz CT molecular complexity index is 273. The van der Waals surface area contributed by atoms with Crippen molar-refractivity contribution in [3.05, 3.63) is 29.8 Å². The molecule has 0 aliphatic rings. The molecule has 12 heavy (non-hydrogen) atoms. The second kappa shape index (κ2) is 4.83. The zero-order valence-electron chi connectivity index (χ0n) is 7.15. The molecule has 0 aliphatic carbocycles. The number of rotatable bonds is 3. The van der Waals surface area contributed by atoms with Gasteiger partial charge in [0, 0.05) is 10.5 Å². The zero-order valence-corrected chi connectivity index (χ0v) is 7.97. The Labute approximate surface area is 76.6 Å². The first-order valence-corrected chi connectivity index (χ1v) is 4.80. The van der Waals surface area contributed by atoms with E-state index in [1.54, 1.807) is 18.0 Å². The summed E-state index contributed by atoms with van der Waals surface area (Å²) in [4.78, 5) is 5.81. The molecule has 0 bridgehead atoms. The average molecular weight is 181 g/mol. The van der Waals surface area contributed by atoms with Crippen molar-refractivity contribution in [2.75, 3.05) is 13.4 Å². The van der Waals surface area contributed by atoms with Crippen molar-refractivity contribution in [1.82, 2.24) is 0 Å². The highest BCUT2D eigenvalue weighted by Crippen LogP contribution is 2.17. The summed E-state index contributed by atoms with van der Waals surface area (Å²) in [6.07, 6.45) is 3.76. The van der Waals surface area contributed by atoms with Gasteiger partial charge in [0.2, 0.25) is 0 Å². The van der Waals surface area contributed by atoms with Gasteiger partial charge in [-0.1, -0.05) is 23.4 Å². The van der Waals surface area contributed by atoms with Crippen LogP contribution in [-0.2, 0) is 4.84 Å². The number of benzene rings is 1. The lowest BCUT2D eigenvalue weighted by Crippen LogP contribution is -1.84. The summed E-state index contributed by atoms with van der Waals surface area (Å²) >= 11 is 1.70. The van der Waals surface area contributed by atoms with Gasteiger partial charge in [-0.05, 0) is 12.3 Å². The van der Waals surface area contributed by atoms with Crippen LogP contribution in [0.25, 0.3) is 0 Å². The van der Waals surface area contributed by atoms with Crippen molar-refractivity contribution >= 4 is 18.0 Å². The molecule has 0 atom stereocenters. The molecular formula is C9H11NOS.